The summed E-state index contributed by atoms with van der Waals surface area (Å²) in [5.41, 5.74) is 0.708. The van der Waals surface area contributed by atoms with Crippen LogP contribution in [-0.2, 0) is 0 Å². The van der Waals surface area contributed by atoms with Crippen molar-refractivity contribution in [3.05, 3.63) is 30.1 Å². The van der Waals surface area contributed by atoms with Crippen LogP contribution in [0.25, 0.3) is 0 Å². The number of likely N-dealkylation sites (tertiary alicyclic amines) is 1. The zero-order chi connectivity index (χ0) is 18.4. The number of guanidine groups is 1. The number of benzene rings is 1. The second kappa shape index (κ2) is 9.21. The van der Waals surface area contributed by atoms with Gasteiger partial charge in [0.15, 0.2) is 5.96 Å². The summed E-state index contributed by atoms with van der Waals surface area (Å²) >= 11 is 0. The van der Waals surface area contributed by atoms with E-state index in [-0.39, 0.29) is 5.82 Å². The van der Waals surface area contributed by atoms with Crippen molar-refractivity contribution in [1.29, 1.82) is 0 Å². The standard InChI is InChI=1S/C20H32FN5/c1-3-22-20(23-15-17-9-10-24(4-2)16-17)26-13-11-25(12-14-26)19-8-6-5-7-18(19)21/h5-8,17H,3-4,9-16H2,1-2H3,(H,22,23). The first kappa shape index (κ1) is 19.0. The molecule has 6 heteroatoms. The van der Waals surface area contributed by atoms with Crippen molar-refractivity contribution in [3.8, 4) is 0 Å². The number of nitrogens with one attached hydrogen (secondary N) is 1. The predicted molar refractivity (Wildman–Crippen MR) is 106 cm³/mol. The molecule has 1 N–H and O–H groups in total. The Morgan fingerprint density at radius 1 is 1.15 bits per heavy atom. The first-order valence-corrected chi connectivity index (χ1v) is 9.96. The summed E-state index contributed by atoms with van der Waals surface area (Å²) in [7, 11) is 0. The second-order valence-electron chi connectivity index (χ2n) is 7.17. The molecule has 3 rings (SSSR count). The van der Waals surface area contributed by atoms with Gasteiger partial charge < -0.3 is 20.0 Å². The van der Waals surface area contributed by atoms with Crippen LogP contribution in [0.5, 0.6) is 0 Å². The molecule has 1 atom stereocenters. The molecule has 1 aromatic carbocycles. The van der Waals surface area contributed by atoms with Crippen LogP contribution in [0.4, 0.5) is 10.1 Å². The molecule has 0 spiro atoms. The number of nitrogens with zero attached hydrogens (tertiary/aromatic N) is 4. The third-order valence-electron chi connectivity index (χ3n) is 5.42. The van der Waals surface area contributed by atoms with Gasteiger partial charge >= 0.3 is 0 Å². The Bertz CT molecular complexity index is 598. The zero-order valence-electron chi connectivity index (χ0n) is 16.1. The van der Waals surface area contributed by atoms with Gasteiger partial charge in [0.1, 0.15) is 5.82 Å². The molecule has 2 aliphatic heterocycles. The number of aliphatic imine (C=N–C) groups is 1. The number of anilines is 1. The largest absolute Gasteiger partial charge is 0.366 e. The Morgan fingerprint density at radius 2 is 1.92 bits per heavy atom. The van der Waals surface area contributed by atoms with E-state index in [2.05, 4.69) is 33.9 Å². The molecule has 0 aromatic heterocycles. The van der Waals surface area contributed by atoms with E-state index in [1.54, 1.807) is 6.07 Å². The number of hydrogen-bond acceptors (Lipinski definition) is 3. The maximum Gasteiger partial charge on any atom is 0.194 e. The summed E-state index contributed by atoms with van der Waals surface area (Å²) < 4.78 is 14.0. The van der Waals surface area contributed by atoms with E-state index in [1.165, 1.54) is 25.6 Å². The number of piperazine rings is 1. The molecule has 0 bridgehead atoms. The van der Waals surface area contributed by atoms with Crippen LogP contribution in [0.15, 0.2) is 29.3 Å². The summed E-state index contributed by atoms with van der Waals surface area (Å²) in [6.45, 7) is 13.0. The average molecular weight is 362 g/mol. The lowest BCUT2D eigenvalue weighted by atomic mass is 10.1. The van der Waals surface area contributed by atoms with E-state index >= 15 is 0 Å². The Labute approximate surface area is 156 Å². The maximum absolute atomic E-state index is 14.0. The number of para-hydroxylation sites is 1. The molecule has 144 valence electrons. The normalized spacial score (nSPS) is 22.1. The van der Waals surface area contributed by atoms with Gasteiger partial charge in [0.05, 0.1) is 5.69 Å². The van der Waals surface area contributed by atoms with E-state index in [0.717, 1.165) is 51.8 Å². The molecular weight excluding hydrogens is 329 g/mol. The molecule has 0 radical (unpaired) electrons. The van der Waals surface area contributed by atoms with Crippen LogP contribution in [-0.4, -0.2) is 74.7 Å². The van der Waals surface area contributed by atoms with Gasteiger partial charge in [0.2, 0.25) is 0 Å². The van der Waals surface area contributed by atoms with Crippen molar-refractivity contribution in [3.63, 3.8) is 0 Å². The monoisotopic (exact) mass is 361 g/mol. The fourth-order valence-corrected chi connectivity index (χ4v) is 3.86. The van der Waals surface area contributed by atoms with Gasteiger partial charge in [-0.25, -0.2) is 4.39 Å². The smallest absolute Gasteiger partial charge is 0.194 e. The van der Waals surface area contributed by atoms with Crippen LogP contribution in [0.2, 0.25) is 0 Å². The Kier molecular flexibility index (Phi) is 6.72. The molecule has 2 saturated heterocycles. The predicted octanol–water partition coefficient (Wildman–Crippen LogP) is 2.26. The van der Waals surface area contributed by atoms with E-state index < -0.39 is 0 Å². The number of halogens is 1. The second-order valence-corrected chi connectivity index (χ2v) is 7.17. The highest BCUT2D eigenvalue weighted by molar-refractivity contribution is 5.80. The third kappa shape index (κ3) is 4.67. The minimum atomic E-state index is -0.136. The quantitative estimate of drug-likeness (QED) is 0.644. The molecule has 2 fully saturated rings. The van der Waals surface area contributed by atoms with E-state index in [1.807, 2.05) is 12.1 Å². The van der Waals surface area contributed by atoms with Gasteiger partial charge in [0, 0.05) is 45.8 Å². The van der Waals surface area contributed by atoms with Crippen LogP contribution < -0.4 is 10.2 Å². The Balaban J connectivity index is 1.56. The van der Waals surface area contributed by atoms with E-state index in [4.69, 9.17) is 4.99 Å². The molecule has 0 aliphatic carbocycles. The fourth-order valence-electron chi connectivity index (χ4n) is 3.86. The zero-order valence-corrected chi connectivity index (χ0v) is 16.1. The maximum atomic E-state index is 14.0. The molecule has 1 aromatic rings. The molecule has 0 saturated carbocycles. The van der Waals surface area contributed by atoms with Gasteiger partial charge in [-0.05, 0) is 44.5 Å². The van der Waals surface area contributed by atoms with Crippen molar-refractivity contribution in [2.24, 2.45) is 10.9 Å². The van der Waals surface area contributed by atoms with Crippen molar-refractivity contribution < 1.29 is 4.39 Å². The van der Waals surface area contributed by atoms with Crippen LogP contribution in [0.3, 0.4) is 0 Å². The van der Waals surface area contributed by atoms with Crippen molar-refractivity contribution in [2.45, 2.75) is 20.3 Å². The summed E-state index contributed by atoms with van der Waals surface area (Å²) in [5.74, 6) is 1.54. The summed E-state index contributed by atoms with van der Waals surface area (Å²) in [6, 6.07) is 7.05. The molecule has 1 unspecified atom stereocenters. The van der Waals surface area contributed by atoms with Crippen molar-refractivity contribution in [1.82, 2.24) is 15.1 Å². The van der Waals surface area contributed by atoms with E-state index in [0.29, 0.717) is 11.6 Å². The molecule has 2 heterocycles. The van der Waals surface area contributed by atoms with Crippen molar-refractivity contribution >= 4 is 11.6 Å². The van der Waals surface area contributed by atoms with Gasteiger partial charge in [-0.15, -0.1) is 0 Å². The van der Waals surface area contributed by atoms with Crippen LogP contribution in [0, 0.1) is 11.7 Å². The summed E-state index contributed by atoms with van der Waals surface area (Å²) in [6.07, 6.45) is 1.25. The van der Waals surface area contributed by atoms with Crippen LogP contribution >= 0.6 is 0 Å². The average Bonchev–Trinajstić information content (AvgIpc) is 3.14. The molecule has 5 nitrogen and oxygen atoms in total. The van der Waals surface area contributed by atoms with Gasteiger partial charge in [-0.2, -0.15) is 0 Å². The lowest BCUT2D eigenvalue weighted by Gasteiger charge is -2.37. The lowest BCUT2D eigenvalue weighted by molar-refractivity contribution is 0.342. The first-order chi connectivity index (χ1) is 12.7. The van der Waals surface area contributed by atoms with Crippen molar-refractivity contribution in [2.75, 3.05) is 63.8 Å². The first-order valence-electron chi connectivity index (χ1n) is 9.96. The topological polar surface area (TPSA) is 34.1 Å². The molecule has 0 amide bonds. The highest BCUT2D eigenvalue weighted by atomic mass is 19.1. The Hall–Kier alpha value is -1.82. The molecule has 26 heavy (non-hydrogen) atoms. The molecule has 2 aliphatic rings. The highest BCUT2D eigenvalue weighted by Gasteiger charge is 2.23. The fraction of sp³-hybridized carbons (Fsp3) is 0.650. The Morgan fingerprint density at radius 3 is 2.58 bits per heavy atom. The van der Waals surface area contributed by atoms with Crippen LogP contribution in [0.1, 0.15) is 20.3 Å². The van der Waals surface area contributed by atoms with Gasteiger partial charge in [0.25, 0.3) is 0 Å². The number of rotatable bonds is 5. The SMILES string of the molecule is CCNC(=NCC1CCN(CC)C1)N1CCN(c2ccccc2F)CC1. The lowest BCUT2D eigenvalue weighted by Crippen LogP contribution is -2.52. The highest BCUT2D eigenvalue weighted by Crippen LogP contribution is 2.20. The number of hydrogen-bond donors (Lipinski definition) is 1. The summed E-state index contributed by atoms with van der Waals surface area (Å²) in [5, 5.41) is 3.44. The summed E-state index contributed by atoms with van der Waals surface area (Å²) in [4.78, 5) is 11.9. The minimum Gasteiger partial charge on any atom is -0.366 e. The third-order valence-corrected chi connectivity index (χ3v) is 5.42. The van der Waals surface area contributed by atoms with Gasteiger partial charge in [-0.1, -0.05) is 19.1 Å². The van der Waals surface area contributed by atoms with Gasteiger partial charge in [-0.3, -0.25) is 4.99 Å². The van der Waals surface area contributed by atoms with E-state index in [9.17, 15) is 4.39 Å². The molecular formula is C20H32FN5. The minimum absolute atomic E-state index is 0.136.